The number of pyridine rings is 1. The molecule has 18 heavy (non-hydrogen) atoms. The van der Waals surface area contributed by atoms with Gasteiger partial charge in [0.2, 0.25) is 5.88 Å². The number of hydrogen-bond acceptors (Lipinski definition) is 3. The van der Waals surface area contributed by atoms with Crippen molar-refractivity contribution >= 4 is 0 Å². The van der Waals surface area contributed by atoms with Gasteiger partial charge in [0.25, 0.3) is 0 Å². The summed E-state index contributed by atoms with van der Waals surface area (Å²) in [4.78, 5) is 4.12. The van der Waals surface area contributed by atoms with Crippen LogP contribution in [0.4, 0.5) is 0 Å². The quantitative estimate of drug-likeness (QED) is 0.876. The Labute approximate surface area is 107 Å². The number of hydrogen-bond donors (Lipinski definition) is 1. The first-order valence-electron chi connectivity index (χ1n) is 6.14. The van der Waals surface area contributed by atoms with Crippen molar-refractivity contribution in [1.29, 1.82) is 0 Å². The fourth-order valence-corrected chi connectivity index (χ4v) is 1.70. The smallest absolute Gasteiger partial charge is 0.219 e. The second-order valence-corrected chi connectivity index (χ2v) is 4.16. The molecule has 0 unspecified atom stereocenters. The van der Waals surface area contributed by atoms with Crippen LogP contribution in [0.2, 0.25) is 0 Å². The highest BCUT2D eigenvalue weighted by Crippen LogP contribution is 2.20. The van der Waals surface area contributed by atoms with Gasteiger partial charge in [0.05, 0.1) is 6.61 Å². The van der Waals surface area contributed by atoms with E-state index in [2.05, 4.69) is 24.0 Å². The number of benzene rings is 1. The fraction of sp³-hybridized carbons (Fsp3) is 0.267. The monoisotopic (exact) mass is 243 g/mol. The Morgan fingerprint density at radius 2 is 1.78 bits per heavy atom. The third-order valence-corrected chi connectivity index (χ3v) is 2.66. The molecule has 1 heterocycles. The molecule has 0 radical (unpaired) electrons. The Bertz CT molecular complexity index is 477. The van der Waals surface area contributed by atoms with Crippen LogP contribution in [0.15, 0.2) is 42.6 Å². The van der Waals surface area contributed by atoms with E-state index in [0.717, 1.165) is 24.2 Å². The van der Waals surface area contributed by atoms with Crippen molar-refractivity contribution in [2.75, 3.05) is 0 Å². The van der Waals surface area contributed by atoms with Crippen LogP contribution in [0.5, 0.6) is 11.6 Å². The molecule has 0 aliphatic heterocycles. The molecule has 0 saturated heterocycles. The number of aliphatic hydroxyl groups is 1. The fourth-order valence-electron chi connectivity index (χ4n) is 1.70. The summed E-state index contributed by atoms with van der Waals surface area (Å²) >= 11 is 0. The average molecular weight is 243 g/mol. The average Bonchev–Trinajstić information content (AvgIpc) is 2.42. The highest BCUT2D eigenvalue weighted by atomic mass is 16.5. The summed E-state index contributed by atoms with van der Waals surface area (Å²) in [6.07, 6.45) is 3.84. The van der Waals surface area contributed by atoms with Crippen molar-refractivity contribution in [3.63, 3.8) is 0 Å². The Morgan fingerprint density at radius 3 is 2.33 bits per heavy atom. The van der Waals surface area contributed by atoms with Gasteiger partial charge in [0, 0.05) is 12.3 Å². The summed E-state index contributed by atoms with van der Waals surface area (Å²) in [7, 11) is 0. The molecule has 3 heteroatoms. The molecule has 0 saturated carbocycles. The Morgan fingerprint density at radius 1 is 1.06 bits per heavy atom. The van der Waals surface area contributed by atoms with E-state index in [-0.39, 0.29) is 6.61 Å². The zero-order valence-corrected chi connectivity index (χ0v) is 10.5. The lowest BCUT2D eigenvalue weighted by Gasteiger charge is -2.06. The molecule has 1 aromatic heterocycles. The maximum Gasteiger partial charge on any atom is 0.219 e. The van der Waals surface area contributed by atoms with Crippen molar-refractivity contribution < 1.29 is 9.84 Å². The van der Waals surface area contributed by atoms with Crippen LogP contribution in [0.25, 0.3) is 0 Å². The van der Waals surface area contributed by atoms with Crippen molar-refractivity contribution in [2.24, 2.45) is 0 Å². The Hall–Kier alpha value is -1.87. The van der Waals surface area contributed by atoms with Gasteiger partial charge in [-0.25, -0.2) is 4.98 Å². The molecule has 2 rings (SSSR count). The van der Waals surface area contributed by atoms with E-state index in [9.17, 15) is 0 Å². The van der Waals surface area contributed by atoms with Gasteiger partial charge in [-0.15, -0.1) is 0 Å². The first-order valence-corrected chi connectivity index (χ1v) is 6.14. The van der Waals surface area contributed by atoms with Crippen LogP contribution in [-0.4, -0.2) is 10.1 Å². The second-order valence-electron chi connectivity index (χ2n) is 4.16. The van der Waals surface area contributed by atoms with Gasteiger partial charge in [-0.3, -0.25) is 0 Å². The normalized spacial score (nSPS) is 10.3. The molecule has 94 valence electrons. The van der Waals surface area contributed by atoms with E-state index in [1.54, 1.807) is 18.3 Å². The van der Waals surface area contributed by atoms with E-state index in [1.807, 2.05) is 12.1 Å². The predicted octanol–water partition coefficient (Wildman–Crippen LogP) is 3.32. The van der Waals surface area contributed by atoms with Gasteiger partial charge < -0.3 is 9.84 Å². The summed E-state index contributed by atoms with van der Waals surface area (Å²) in [6.45, 7) is 2.16. The number of aliphatic hydroxyl groups excluding tert-OH is 1. The minimum atomic E-state index is -0.000997. The largest absolute Gasteiger partial charge is 0.439 e. The van der Waals surface area contributed by atoms with Crippen LogP contribution < -0.4 is 4.74 Å². The summed E-state index contributed by atoms with van der Waals surface area (Å²) in [5.74, 6) is 1.31. The molecule has 0 amide bonds. The number of aryl methyl sites for hydroxylation is 1. The number of rotatable bonds is 5. The van der Waals surface area contributed by atoms with Gasteiger partial charge >= 0.3 is 0 Å². The van der Waals surface area contributed by atoms with Crippen molar-refractivity contribution in [2.45, 2.75) is 26.4 Å². The lowest BCUT2D eigenvalue weighted by molar-refractivity contribution is 0.281. The van der Waals surface area contributed by atoms with Crippen LogP contribution in [-0.2, 0) is 13.0 Å². The molecule has 0 fully saturated rings. The Balaban J connectivity index is 2.03. The van der Waals surface area contributed by atoms with Crippen LogP contribution in [0.1, 0.15) is 24.5 Å². The van der Waals surface area contributed by atoms with Crippen molar-refractivity contribution in [3.8, 4) is 11.6 Å². The summed E-state index contributed by atoms with van der Waals surface area (Å²) in [5.41, 5.74) is 2.09. The molecule has 0 atom stereocenters. The number of nitrogens with zero attached hydrogens (tertiary/aromatic N) is 1. The van der Waals surface area contributed by atoms with Crippen LogP contribution in [0, 0.1) is 0 Å². The highest BCUT2D eigenvalue weighted by molar-refractivity contribution is 5.31. The molecule has 3 nitrogen and oxygen atoms in total. The number of ether oxygens (including phenoxy) is 1. The van der Waals surface area contributed by atoms with Gasteiger partial charge in [-0.2, -0.15) is 0 Å². The molecule has 1 N–H and O–H groups in total. The molecule has 1 aromatic carbocycles. The molecular weight excluding hydrogens is 226 g/mol. The second kappa shape index (κ2) is 6.17. The van der Waals surface area contributed by atoms with E-state index >= 15 is 0 Å². The first-order chi connectivity index (χ1) is 8.81. The van der Waals surface area contributed by atoms with Gasteiger partial charge in [-0.1, -0.05) is 25.5 Å². The maximum absolute atomic E-state index is 8.92. The lowest BCUT2D eigenvalue weighted by Crippen LogP contribution is -1.90. The minimum absolute atomic E-state index is 0.000997. The summed E-state index contributed by atoms with van der Waals surface area (Å²) in [5, 5.41) is 8.92. The molecule has 0 bridgehead atoms. The topological polar surface area (TPSA) is 42.4 Å². The Kier molecular flexibility index (Phi) is 4.31. The molecule has 0 spiro atoms. The summed E-state index contributed by atoms with van der Waals surface area (Å²) < 4.78 is 5.62. The van der Waals surface area contributed by atoms with E-state index in [1.165, 1.54) is 5.56 Å². The minimum Gasteiger partial charge on any atom is -0.439 e. The molecular formula is C15H17NO2. The molecule has 2 aromatic rings. The molecule has 0 aliphatic carbocycles. The highest BCUT2D eigenvalue weighted by Gasteiger charge is 1.99. The standard InChI is InChI=1S/C15H17NO2/c1-2-3-12-4-7-14(8-5-12)18-15-9-6-13(11-17)10-16-15/h4-10,17H,2-3,11H2,1H3. The van der Waals surface area contributed by atoms with E-state index in [0.29, 0.717) is 5.88 Å². The van der Waals surface area contributed by atoms with Gasteiger partial charge in [-0.05, 0) is 35.7 Å². The third-order valence-electron chi connectivity index (χ3n) is 2.66. The zero-order chi connectivity index (χ0) is 12.8. The maximum atomic E-state index is 8.92. The first kappa shape index (κ1) is 12.6. The SMILES string of the molecule is CCCc1ccc(Oc2ccc(CO)cn2)cc1. The number of aromatic nitrogens is 1. The zero-order valence-electron chi connectivity index (χ0n) is 10.5. The van der Waals surface area contributed by atoms with Crippen LogP contribution >= 0.6 is 0 Å². The lowest BCUT2D eigenvalue weighted by atomic mass is 10.1. The van der Waals surface area contributed by atoms with Gasteiger partial charge in [0.15, 0.2) is 0 Å². The summed E-state index contributed by atoms with van der Waals surface area (Å²) in [6, 6.07) is 11.6. The van der Waals surface area contributed by atoms with Crippen LogP contribution in [0.3, 0.4) is 0 Å². The van der Waals surface area contributed by atoms with E-state index < -0.39 is 0 Å². The predicted molar refractivity (Wildman–Crippen MR) is 70.7 cm³/mol. The third kappa shape index (κ3) is 3.31. The van der Waals surface area contributed by atoms with Crippen molar-refractivity contribution in [1.82, 2.24) is 4.98 Å². The van der Waals surface area contributed by atoms with E-state index in [4.69, 9.17) is 9.84 Å². The van der Waals surface area contributed by atoms with Gasteiger partial charge in [0.1, 0.15) is 5.75 Å². The molecule has 0 aliphatic rings. The van der Waals surface area contributed by atoms with Crippen molar-refractivity contribution in [3.05, 3.63) is 53.7 Å².